The van der Waals surface area contributed by atoms with Crippen LogP contribution in [0.2, 0.25) is 0 Å². The average molecular weight is 226 g/mol. The number of aliphatic hydroxyl groups is 2. The fourth-order valence-corrected chi connectivity index (χ4v) is 3.54. The molecule has 2 saturated carbocycles. The topological polar surface area (TPSA) is 40.5 Å². The molecule has 2 nitrogen and oxygen atoms in total. The van der Waals surface area contributed by atoms with Crippen molar-refractivity contribution in [3.8, 4) is 0 Å². The van der Waals surface area contributed by atoms with Gasteiger partial charge in [0.2, 0.25) is 0 Å². The van der Waals surface area contributed by atoms with Crippen LogP contribution in [-0.4, -0.2) is 22.4 Å². The Morgan fingerprint density at radius 2 is 1.50 bits per heavy atom. The molecule has 2 heteroatoms. The van der Waals surface area contributed by atoms with Crippen molar-refractivity contribution in [2.24, 2.45) is 11.8 Å². The lowest BCUT2D eigenvalue weighted by Crippen LogP contribution is -2.28. The Morgan fingerprint density at radius 3 is 2.19 bits per heavy atom. The third-order valence-electron chi connectivity index (χ3n) is 4.52. The van der Waals surface area contributed by atoms with Crippen molar-refractivity contribution in [2.75, 3.05) is 0 Å². The first kappa shape index (κ1) is 12.4. The van der Waals surface area contributed by atoms with Crippen LogP contribution in [-0.2, 0) is 0 Å². The van der Waals surface area contributed by atoms with E-state index in [1.807, 2.05) is 0 Å². The number of rotatable bonds is 4. The lowest BCUT2D eigenvalue weighted by Gasteiger charge is -2.29. The van der Waals surface area contributed by atoms with E-state index in [2.05, 4.69) is 0 Å². The number of hydrogen-bond acceptors (Lipinski definition) is 2. The zero-order chi connectivity index (χ0) is 11.4. The maximum atomic E-state index is 10.1. The lowest BCUT2D eigenvalue weighted by molar-refractivity contribution is 0.0272. The summed E-state index contributed by atoms with van der Waals surface area (Å²) in [5.41, 5.74) is 0. The molecule has 2 aliphatic rings. The first-order chi connectivity index (χ1) is 7.75. The predicted molar refractivity (Wildman–Crippen MR) is 65.2 cm³/mol. The normalized spacial score (nSPS) is 34.1. The van der Waals surface area contributed by atoms with Crippen molar-refractivity contribution in [3.05, 3.63) is 0 Å². The van der Waals surface area contributed by atoms with E-state index in [4.69, 9.17) is 0 Å². The van der Waals surface area contributed by atoms with E-state index >= 15 is 0 Å². The Balaban J connectivity index is 1.70. The molecular formula is C14H26O2. The summed E-state index contributed by atoms with van der Waals surface area (Å²) < 4.78 is 0. The largest absolute Gasteiger partial charge is 0.393 e. The Bertz CT molecular complexity index is 199. The van der Waals surface area contributed by atoms with Crippen LogP contribution in [0.25, 0.3) is 0 Å². The number of hydrogen-bond donors (Lipinski definition) is 2. The molecule has 0 saturated heterocycles. The Kier molecular flexibility index (Phi) is 4.66. The molecule has 0 aromatic carbocycles. The Morgan fingerprint density at radius 1 is 0.875 bits per heavy atom. The van der Waals surface area contributed by atoms with Gasteiger partial charge in [0.15, 0.2) is 0 Å². The quantitative estimate of drug-likeness (QED) is 0.774. The Labute approximate surface area is 99.1 Å². The lowest BCUT2D eigenvalue weighted by atomic mass is 9.81. The molecule has 0 amide bonds. The molecule has 3 atom stereocenters. The third-order valence-corrected chi connectivity index (χ3v) is 4.52. The summed E-state index contributed by atoms with van der Waals surface area (Å²) in [6.07, 6.45) is 11.3. The van der Waals surface area contributed by atoms with Crippen LogP contribution < -0.4 is 0 Å². The zero-order valence-electron chi connectivity index (χ0n) is 10.3. The van der Waals surface area contributed by atoms with Gasteiger partial charge in [0.1, 0.15) is 0 Å². The van der Waals surface area contributed by atoms with Gasteiger partial charge in [-0.2, -0.15) is 0 Å². The second-order valence-electron chi connectivity index (χ2n) is 5.89. The van der Waals surface area contributed by atoms with Crippen LogP contribution in [0.4, 0.5) is 0 Å². The molecule has 0 radical (unpaired) electrons. The predicted octanol–water partition coefficient (Wildman–Crippen LogP) is 2.87. The van der Waals surface area contributed by atoms with Crippen molar-refractivity contribution in [3.63, 3.8) is 0 Å². The monoisotopic (exact) mass is 226 g/mol. The van der Waals surface area contributed by atoms with E-state index in [1.54, 1.807) is 0 Å². The molecule has 16 heavy (non-hydrogen) atoms. The van der Waals surface area contributed by atoms with Gasteiger partial charge in [-0.15, -0.1) is 0 Å². The fraction of sp³-hybridized carbons (Fsp3) is 1.00. The van der Waals surface area contributed by atoms with Gasteiger partial charge < -0.3 is 10.2 Å². The summed E-state index contributed by atoms with van der Waals surface area (Å²) in [7, 11) is 0. The molecule has 0 heterocycles. The molecule has 2 N–H and O–H groups in total. The molecule has 0 aromatic heterocycles. The van der Waals surface area contributed by atoms with Crippen LogP contribution in [0.1, 0.15) is 64.2 Å². The molecule has 3 unspecified atom stereocenters. The maximum Gasteiger partial charge on any atom is 0.0569 e. The van der Waals surface area contributed by atoms with Gasteiger partial charge in [-0.05, 0) is 37.5 Å². The molecule has 0 aliphatic heterocycles. The summed E-state index contributed by atoms with van der Waals surface area (Å²) >= 11 is 0. The first-order valence-electron chi connectivity index (χ1n) is 7.12. The highest BCUT2D eigenvalue weighted by atomic mass is 16.3. The molecule has 2 fully saturated rings. The van der Waals surface area contributed by atoms with Crippen LogP contribution in [0, 0.1) is 11.8 Å². The highest BCUT2D eigenvalue weighted by Gasteiger charge is 2.27. The second-order valence-corrected chi connectivity index (χ2v) is 5.89. The third kappa shape index (κ3) is 3.46. The van der Waals surface area contributed by atoms with Gasteiger partial charge >= 0.3 is 0 Å². The maximum absolute atomic E-state index is 10.1. The van der Waals surface area contributed by atoms with Crippen molar-refractivity contribution >= 4 is 0 Å². The first-order valence-corrected chi connectivity index (χ1v) is 7.12. The van der Waals surface area contributed by atoms with Crippen LogP contribution in [0.15, 0.2) is 0 Å². The highest BCUT2D eigenvalue weighted by Crippen LogP contribution is 2.33. The van der Waals surface area contributed by atoms with Crippen LogP contribution in [0.3, 0.4) is 0 Å². The molecule has 2 rings (SSSR count). The van der Waals surface area contributed by atoms with E-state index in [9.17, 15) is 10.2 Å². The summed E-state index contributed by atoms with van der Waals surface area (Å²) in [4.78, 5) is 0. The van der Waals surface area contributed by atoms with Crippen LogP contribution in [0.5, 0.6) is 0 Å². The van der Waals surface area contributed by atoms with E-state index < -0.39 is 0 Å². The minimum atomic E-state index is -0.166. The fourth-order valence-electron chi connectivity index (χ4n) is 3.54. The number of aliphatic hydroxyl groups excluding tert-OH is 2. The van der Waals surface area contributed by atoms with Gasteiger partial charge in [-0.25, -0.2) is 0 Å². The Hall–Kier alpha value is -0.0800. The summed E-state index contributed by atoms with van der Waals surface area (Å²) in [5.74, 6) is 1.13. The van der Waals surface area contributed by atoms with Gasteiger partial charge in [0.25, 0.3) is 0 Å². The zero-order valence-corrected chi connectivity index (χ0v) is 10.3. The van der Waals surface area contributed by atoms with Gasteiger partial charge in [-0.1, -0.05) is 38.5 Å². The molecule has 2 aliphatic carbocycles. The molecule has 94 valence electrons. The SMILES string of the molecule is OC(CC1CCCC1)CC1CCCCC1O. The second kappa shape index (κ2) is 6.02. The van der Waals surface area contributed by atoms with E-state index in [0.29, 0.717) is 5.92 Å². The molecular weight excluding hydrogens is 200 g/mol. The van der Waals surface area contributed by atoms with Crippen molar-refractivity contribution in [1.82, 2.24) is 0 Å². The average Bonchev–Trinajstić information content (AvgIpc) is 2.74. The van der Waals surface area contributed by atoms with Crippen molar-refractivity contribution < 1.29 is 10.2 Å². The van der Waals surface area contributed by atoms with Crippen molar-refractivity contribution in [2.45, 2.75) is 76.4 Å². The standard InChI is InChI=1S/C14H26O2/c15-13(9-11-5-1-2-6-11)10-12-7-3-4-8-14(12)16/h11-16H,1-10H2. The van der Waals surface area contributed by atoms with Crippen LogP contribution >= 0.6 is 0 Å². The van der Waals surface area contributed by atoms with Gasteiger partial charge in [0, 0.05) is 0 Å². The minimum absolute atomic E-state index is 0.146. The van der Waals surface area contributed by atoms with Gasteiger partial charge in [-0.3, -0.25) is 0 Å². The molecule has 0 spiro atoms. The van der Waals surface area contributed by atoms with E-state index in [0.717, 1.165) is 38.0 Å². The van der Waals surface area contributed by atoms with Crippen molar-refractivity contribution in [1.29, 1.82) is 0 Å². The summed E-state index contributed by atoms with van der Waals surface area (Å²) in [5, 5.41) is 19.9. The highest BCUT2D eigenvalue weighted by molar-refractivity contribution is 4.79. The molecule has 0 bridgehead atoms. The summed E-state index contributed by atoms with van der Waals surface area (Å²) in [6.45, 7) is 0. The van der Waals surface area contributed by atoms with E-state index in [-0.39, 0.29) is 12.2 Å². The van der Waals surface area contributed by atoms with Gasteiger partial charge in [0.05, 0.1) is 12.2 Å². The van der Waals surface area contributed by atoms with E-state index in [1.165, 1.54) is 32.1 Å². The smallest absolute Gasteiger partial charge is 0.0569 e. The minimum Gasteiger partial charge on any atom is -0.393 e. The molecule has 0 aromatic rings. The summed E-state index contributed by atoms with van der Waals surface area (Å²) in [6, 6.07) is 0.